The van der Waals surface area contributed by atoms with Crippen LogP contribution in [0.4, 0.5) is 5.69 Å². The maximum atomic E-state index is 5.95. The van der Waals surface area contributed by atoms with Gasteiger partial charge < -0.3 is 20.0 Å². The summed E-state index contributed by atoms with van der Waals surface area (Å²) < 4.78 is 5.91. The minimum atomic E-state index is 0.0423. The summed E-state index contributed by atoms with van der Waals surface area (Å²) in [5.41, 5.74) is 2.45. The van der Waals surface area contributed by atoms with Gasteiger partial charge in [0.1, 0.15) is 11.5 Å². The van der Waals surface area contributed by atoms with E-state index >= 15 is 0 Å². The molecular weight excluding hydrogens is 378 g/mol. The molecule has 1 aromatic carbocycles. The number of piperidine rings is 1. The van der Waals surface area contributed by atoms with E-state index < -0.39 is 0 Å². The van der Waals surface area contributed by atoms with E-state index in [1.54, 1.807) is 0 Å². The number of rotatable bonds is 5. The van der Waals surface area contributed by atoms with Crippen molar-refractivity contribution < 1.29 is 4.42 Å². The van der Waals surface area contributed by atoms with Crippen molar-refractivity contribution in [1.82, 2.24) is 10.2 Å². The van der Waals surface area contributed by atoms with Crippen LogP contribution in [0.1, 0.15) is 64.5 Å². The number of benzene rings is 1. The Bertz CT molecular complexity index is 839. The Morgan fingerprint density at radius 2 is 1.79 bits per heavy atom. The SMILES string of the molecule is CCc1ccccc1NC(=S)N(Cc1ccc(C)o1)C1CC(C)(C)NC(C)(C)C1. The molecule has 0 spiro atoms. The van der Waals surface area contributed by atoms with Crippen molar-refractivity contribution in [3.05, 3.63) is 53.5 Å². The topological polar surface area (TPSA) is 40.4 Å². The summed E-state index contributed by atoms with van der Waals surface area (Å²) in [7, 11) is 0. The zero-order valence-electron chi connectivity index (χ0n) is 18.6. The highest BCUT2D eigenvalue weighted by Crippen LogP contribution is 2.33. The van der Waals surface area contributed by atoms with Crippen LogP contribution in [0.3, 0.4) is 0 Å². The Balaban J connectivity index is 1.89. The molecule has 0 radical (unpaired) electrons. The van der Waals surface area contributed by atoms with E-state index in [-0.39, 0.29) is 11.1 Å². The number of aryl methyl sites for hydroxylation is 2. The molecular formula is C24H35N3OS. The summed E-state index contributed by atoms with van der Waals surface area (Å²) in [5.74, 6) is 1.88. The van der Waals surface area contributed by atoms with Gasteiger partial charge >= 0.3 is 0 Å². The van der Waals surface area contributed by atoms with E-state index in [4.69, 9.17) is 16.6 Å². The molecule has 1 fully saturated rings. The van der Waals surface area contributed by atoms with Gasteiger partial charge in [0.05, 0.1) is 6.54 Å². The normalized spacial score (nSPS) is 18.4. The summed E-state index contributed by atoms with van der Waals surface area (Å²) in [6.07, 6.45) is 3.01. The molecule has 3 rings (SSSR count). The summed E-state index contributed by atoms with van der Waals surface area (Å²) >= 11 is 5.95. The lowest BCUT2D eigenvalue weighted by molar-refractivity contribution is 0.0981. The second-order valence-electron chi connectivity index (χ2n) is 9.54. The number of nitrogens with zero attached hydrogens (tertiary/aromatic N) is 1. The minimum Gasteiger partial charge on any atom is -0.464 e. The van der Waals surface area contributed by atoms with Crippen LogP contribution in [0.2, 0.25) is 0 Å². The van der Waals surface area contributed by atoms with E-state index in [9.17, 15) is 0 Å². The van der Waals surface area contributed by atoms with Gasteiger partial charge in [0, 0.05) is 22.8 Å². The second kappa shape index (κ2) is 8.49. The molecule has 0 unspecified atom stereocenters. The Hall–Kier alpha value is -1.85. The molecule has 0 bridgehead atoms. The van der Waals surface area contributed by atoms with E-state index in [2.05, 4.69) is 80.5 Å². The molecule has 0 aliphatic carbocycles. The van der Waals surface area contributed by atoms with E-state index in [0.29, 0.717) is 12.6 Å². The predicted molar refractivity (Wildman–Crippen MR) is 125 cm³/mol. The molecule has 1 aliphatic rings. The largest absolute Gasteiger partial charge is 0.464 e. The molecule has 0 amide bonds. The van der Waals surface area contributed by atoms with Gasteiger partial charge in [0.15, 0.2) is 5.11 Å². The van der Waals surface area contributed by atoms with Gasteiger partial charge in [-0.05, 0) is 89.9 Å². The molecule has 2 aromatic rings. The lowest BCUT2D eigenvalue weighted by Crippen LogP contribution is -2.63. The summed E-state index contributed by atoms with van der Waals surface area (Å²) in [6.45, 7) is 13.9. The molecule has 2 heterocycles. The number of thiocarbonyl (C=S) groups is 1. The monoisotopic (exact) mass is 413 g/mol. The maximum Gasteiger partial charge on any atom is 0.174 e. The fraction of sp³-hybridized carbons (Fsp3) is 0.542. The predicted octanol–water partition coefficient (Wildman–Crippen LogP) is 5.66. The van der Waals surface area contributed by atoms with Gasteiger partial charge in [0.2, 0.25) is 0 Å². The zero-order valence-corrected chi connectivity index (χ0v) is 19.5. The first-order valence-electron chi connectivity index (χ1n) is 10.6. The summed E-state index contributed by atoms with van der Waals surface area (Å²) in [4.78, 5) is 2.32. The fourth-order valence-corrected chi connectivity index (χ4v) is 5.05. The maximum absolute atomic E-state index is 5.95. The lowest BCUT2D eigenvalue weighted by Gasteiger charge is -2.50. The summed E-state index contributed by atoms with van der Waals surface area (Å²) in [5, 5.41) is 8.08. The zero-order chi connectivity index (χ0) is 21.2. The van der Waals surface area contributed by atoms with Crippen LogP contribution in [-0.2, 0) is 13.0 Å². The van der Waals surface area contributed by atoms with Crippen molar-refractivity contribution in [3.8, 4) is 0 Å². The molecule has 29 heavy (non-hydrogen) atoms. The number of hydrogen-bond acceptors (Lipinski definition) is 3. The Morgan fingerprint density at radius 1 is 1.14 bits per heavy atom. The highest BCUT2D eigenvalue weighted by Gasteiger charge is 2.40. The van der Waals surface area contributed by atoms with Crippen molar-refractivity contribution in [2.75, 3.05) is 5.32 Å². The van der Waals surface area contributed by atoms with Crippen LogP contribution >= 0.6 is 12.2 Å². The Labute approximate surface area is 181 Å². The highest BCUT2D eigenvalue weighted by molar-refractivity contribution is 7.80. The smallest absolute Gasteiger partial charge is 0.174 e. The molecule has 5 heteroatoms. The Kier molecular flexibility index (Phi) is 6.39. The van der Waals surface area contributed by atoms with Crippen LogP contribution in [0.5, 0.6) is 0 Å². The van der Waals surface area contributed by atoms with Crippen molar-refractivity contribution in [1.29, 1.82) is 0 Å². The van der Waals surface area contributed by atoms with Gasteiger partial charge in [-0.3, -0.25) is 0 Å². The van der Waals surface area contributed by atoms with Gasteiger partial charge in [-0.15, -0.1) is 0 Å². The minimum absolute atomic E-state index is 0.0423. The third-order valence-electron chi connectivity index (χ3n) is 5.63. The molecule has 0 atom stereocenters. The number of hydrogen-bond donors (Lipinski definition) is 2. The van der Waals surface area contributed by atoms with Gasteiger partial charge in [-0.2, -0.15) is 0 Å². The molecule has 2 N–H and O–H groups in total. The van der Waals surface area contributed by atoms with Crippen LogP contribution in [0.25, 0.3) is 0 Å². The molecule has 4 nitrogen and oxygen atoms in total. The van der Waals surface area contributed by atoms with E-state index in [1.807, 2.05) is 13.0 Å². The van der Waals surface area contributed by atoms with Crippen molar-refractivity contribution in [3.63, 3.8) is 0 Å². The van der Waals surface area contributed by atoms with Crippen LogP contribution in [0, 0.1) is 6.92 Å². The number of para-hydroxylation sites is 1. The molecule has 0 saturated carbocycles. The highest BCUT2D eigenvalue weighted by atomic mass is 32.1. The molecule has 1 saturated heterocycles. The second-order valence-corrected chi connectivity index (χ2v) is 9.92. The van der Waals surface area contributed by atoms with Crippen LogP contribution in [-0.4, -0.2) is 27.1 Å². The fourth-order valence-electron chi connectivity index (χ4n) is 4.73. The molecule has 1 aromatic heterocycles. The third kappa shape index (κ3) is 5.61. The van der Waals surface area contributed by atoms with E-state index in [0.717, 1.165) is 41.6 Å². The first-order chi connectivity index (χ1) is 13.6. The first kappa shape index (κ1) is 21.8. The van der Waals surface area contributed by atoms with Crippen molar-refractivity contribution >= 4 is 23.0 Å². The molecule has 1 aliphatic heterocycles. The van der Waals surface area contributed by atoms with Crippen molar-refractivity contribution in [2.45, 2.75) is 84.5 Å². The average molecular weight is 414 g/mol. The first-order valence-corrected chi connectivity index (χ1v) is 11.0. The van der Waals surface area contributed by atoms with Crippen molar-refractivity contribution in [2.24, 2.45) is 0 Å². The third-order valence-corrected chi connectivity index (χ3v) is 5.97. The summed E-state index contributed by atoms with van der Waals surface area (Å²) in [6, 6.07) is 12.8. The average Bonchev–Trinajstić information content (AvgIpc) is 3.02. The lowest BCUT2D eigenvalue weighted by atomic mass is 9.79. The van der Waals surface area contributed by atoms with Gasteiger partial charge in [-0.25, -0.2) is 0 Å². The van der Waals surface area contributed by atoms with Crippen LogP contribution in [0.15, 0.2) is 40.8 Å². The van der Waals surface area contributed by atoms with Gasteiger partial charge in [-0.1, -0.05) is 25.1 Å². The number of anilines is 1. The van der Waals surface area contributed by atoms with Crippen LogP contribution < -0.4 is 10.6 Å². The quantitative estimate of drug-likeness (QED) is 0.619. The standard InChI is InChI=1S/C24H35N3OS/c1-7-18-10-8-9-11-21(18)25-22(29)27(16-20-13-12-17(2)28-20)19-14-23(3,4)26-24(5,6)15-19/h8-13,19,26H,7,14-16H2,1-6H3,(H,25,29). The molecule has 158 valence electrons. The number of nitrogens with one attached hydrogen (secondary N) is 2. The van der Waals surface area contributed by atoms with E-state index in [1.165, 1.54) is 5.56 Å². The Morgan fingerprint density at radius 3 is 2.38 bits per heavy atom. The number of furan rings is 1. The van der Waals surface area contributed by atoms with Gasteiger partial charge in [0.25, 0.3) is 0 Å².